The Morgan fingerprint density at radius 3 is 2.50 bits per heavy atom. The molecule has 0 heterocycles. The van der Waals surface area contributed by atoms with E-state index in [1.807, 2.05) is 24.3 Å². The quantitative estimate of drug-likeness (QED) is 0.774. The van der Waals surface area contributed by atoms with Gasteiger partial charge in [-0.15, -0.1) is 0 Å². The summed E-state index contributed by atoms with van der Waals surface area (Å²) in [5.41, 5.74) is 1.94. The molecule has 1 aromatic rings. The fraction of sp³-hybridized carbons (Fsp3) is 0.538. The summed E-state index contributed by atoms with van der Waals surface area (Å²) >= 11 is 0. The molecule has 0 aliphatic rings. The number of hydrogen-bond donors (Lipinski definition) is 2. The van der Waals surface area contributed by atoms with E-state index in [9.17, 15) is 5.11 Å². The first kappa shape index (κ1) is 13.0. The first-order chi connectivity index (χ1) is 7.70. The zero-order valence-corrected chi connectivity index (χ0v) is 10.1. The number of rotatable bonds is 6. The number of para-hydroxylation sites is 1. The van der Waals surface area contributed by atoms with Crippen molar-refractivity contribution in [3.63, 3.8) is 0 Å². The van der Waals surface area contributed by atoms with Gasteiger partial charge in [-0.1, -0.05) is 25.1 Å². The van der Waals surface area contributed by atoms with E-state index >= 15 is 0 Å². The minimum absolute atomic E-state index is 0.133. The molecule has 2 N–H and O–H groups in total. The summed E-state index contributed by atoms with van der Waals surface area (Å²) in [7, 11) is 0. The molecule has 1 rings (SSSR count). The normalized spacial score (nSPS) is 12.5. The van der Waals surface area contributed by atoms with Crippen molar-refractivity contribution in [1.29, 1.82) is 0 Å². The zero-order valence-electron chi connectivity index (χ0n) is 10.1. The van der Waals surface area contributed by atoms with Gasteiger partial charge in [-0.3, -0.25) is 0 Å². The van der Waals surface area contributed by atoms with Crippen molar-refractivity contribution in [2.24, 2.45) is 0 Å². The van der Waals surface area contributed by atoms with Crippen LogP contribution in [0.15, 0.2) is 24.3 Å². The molecule has 16 heavy (non-hydrogen) atoms. The summed E-state index contributed by atoms with van der Waals surface area (Å²) in [5, 5.41) is 18.8. The summed E-state index contributed by atoms with van der Waals surface area (Å²) in [4.78, 5) is 2.11. The summed E-state index contributed by atoms with van der Waals surface area (Å²) in [5.74, 6) is 0. The highest BCUT2D eigenvalue weighted by atomic mass is 16.3. The van der Waals surface area contributed by atoms with Crippen molar-refractivity contribution in [1.82, 2.24) is 0 Å². The largest absolute Gasteiger partial charge is 0.395 e. The van der Waals surface area contributed by atoms with Gasteiger partial charge in [0.1, 0.15) is 0 Å². The van der Waals surface area contributed by atoms with Crippen LogP contribution in [0.2, 0.25) is 0 Å². The third-order valence-corrected chi connectivity index (χ3v) is 2.59. The molecular formula is C13H21NO2. The molecule has 1 aromatic carbocycles. The highest BCUT2D eigenvalue weighted by molar-refractivity contribution is 5.54. The predicted octanol–water partition coefficient (Wildman–Crippen LogP) is 1.95. The predicted molar refractivity (Wildman–Crippen MR) is 66.7 cm³/mol. The maximum Gasteiger partial charge on any atom is 0.0781 e. The maximum absolute atomic E-state index is 9.70. The zero-order chi connectivity index (χ0) is 12.0. The standard InChI is InChI=1S/C13H21NO2/c1-3-8-14(9-10-15)13-7-5-4-6-12(13)11(2)16/h4-7,11,15-16H,3,8-10H2,1-2H3/t11-/m0/s1. The number of anilines is 1. The van der Waals surface area contributed by atoms with Crippen LogP contribution in [-0.4, -0.2) is 29.9 Å². The van der Waals surface area contributed by atoms with Crippen LogP contribution in [-0.2, 0) is 0 Å². The van der Waals surface area contributed by atoms with Crippen molar-refractivity contribution in [2.75, 3.05) is 24.6 Å². The van der Waals surface area contributed by atoms with Crippen LogP contribution in [0.3, 0.4) is 0 Å². The molecule has 0 amide bonds. The second-order valence-electron chi connectivity index (χ2n) is 3.95. The molecule has 3 heteroatoms. The lowest BCUT2D eigenvalue weighted by molar-refractivity contribution is 0.199. The van der Waals surface area contributed by atoms with E-state index in [0.29, 0.717) is 6.54 Å². The minimum atomic E-state index is -0.478. The molecule has 0 saturated heterocycles. The summed E-state index contributed by atoms with van der Waals surface area (Å²) in [6.45, 7) is 5.51. The number of benzene rings is 1. The molecule has 0 spiro atoms. The Morgan fingerprint density at radius 1 is 1.25 bits per heavy atom. The fourth-order valence-corrected chi connectivity index (χ4v) is 1.87. The van der Waals surface area contributed by atoms with Crippen LogP contribution < -0.4 is 4.90 Å². The molecule has 0 aliphatic carbocycles. The Hall–Kier alpha value is -1.06. The molecule has 0 fully saturated rings. The Kier molecular flexibility index (Phi) is 5.29. The number of aliphatic hydroxyl groups is 2. The van der Waals surface area contributed by atoms with Gasteiger partial charge in [0.2, 0.25) is 0 Å². The average Bonchev–Trinajstić information content (AvgIpc) is 2.29. The van der Waals surface area contributed by atoms with Crippen LogP contribution >= 0.6 is 0 Å². The minimum Gasteiger partial charge on any atom is -0.395 e. The molecule has 1 atom stereocenters. The van der Waals surface area contributed by atoms with E-state index in [1.165, 1.54) is 0 Å². The van der Waals surface area contributed by atoms with Crippen LogP contribution in [0.1, 0.15) is 31.9 Å². The number of hydrogen-bond acceptors (Lipinski definition) is 3. The van der Waals surface area contributed by atoms with Crippen LogP contribution in [0.25, 0.3) is 0 Å². The first-order valence-electron chi connectivity index (χ1n) is 5.83. The summed E-state index contributed by atoms with van der Waals surface area (Å²) in [6, 6.07) is 7.81. The second-order valence-corrected chi connectivity index (χ2v) is 3.95. The molecule has 0 radical (unpaired) electrons. The smallest absolute Gasteiger partial charge is 0.0781 e. The lowest BCUT2D eigenvalue weighted by Crippen LogP contribution is -2.28. The summed E-state index contributed by atoms with van der Waals surface area (Å²) < 4.78 is 0. The van der Waals surface area contributed by atoms with Crippen LogP contribution in [0, 0.1) is 0 Å². The van der Waals surface area contributed by atoms with Gasteiger partial charge in [-0.2, -0.15) is 0 Å². The van der Waals surface area contributed by atoms with Crippen molar-refractivity contribution >= 4 is 5.69 Å². The van der Waals surface area contributed by atoms with E-state index in [1.54, 1.807) is 6.92 Å². The third-order valence-electron chi connectivity index (χ3n) is 2.59. The SMILES string of the molecule is CCCN(CCO)c1ccccc1[C@H](C)O. The first-order valence-corrected chi connectivity index (χ1v) is 5.83. The Labute approximate surface area is 97.3 Å². The van der Waals surface area contributed by atoms with E-state index in [2.05, 4.69) is 11.8 Å². The van der Waals surface area contributed by atoms with Crippen molar-refractivity contribution < 1.29 is 10.2 Å². The molecule has 0 unspecified atom stereocenters. The van der Waals surface area contributed by atoms with Gasteiger partial charge in [0, 0.05) is 24.3 Å². The van der Waals surface area contributed by atoms with Crippen molar-refractivity contribution in [3.05, 3.63) is 29.8 Å². The Bertz CT molecular complexity index is 307. The Balaban J connectivity index is 2.97. The molecule has 0 bridgehead atoms. The van der Waals surface area contributed by atoms with Gasteiger partial charge >= 0.3 is 0 Å². The second kappa shape index (κ2) is 6.51. The van der Waals surface area contributed by atoms with Gasteiger partial charge in [-0.25, -0.2) is 0 Å². The molecule has 0 saturated carbocycles. The lowest BCUT2D eigenvalue weighted by Gasteiger charge is -2.26. The van der Waals surface area contributed by atoms with E-state index in [-0.39, 0.29) is 6.61 Å². The third kappa shape index (κ3) is 3.22. The van der Waals surface area contributed by atoms with Gasteiger partial charge in [-0.05, 0) is 19.4 Å². The average molecular weight is 223 g/mol. The topological polar surface area (TPSA) is 43.7 Å². The van der Waals surface area contributed by atoms with Crippen LogP contribution in [0.5, 0.6) is 0 Å². The van der Waals surface area contributed by atoms with E-state index < -0.39 is 6.10 Å². The number of aliphatic hydroxyl groups excluding tert-OH is 2. The lowest BCUT2D eigenvalue weighted by atomic mass is 10.1. The van der Waals surface area contributed by atoms with Gasteiger partial charge in [0.25, 0.3) is 0 Å². The van der Waals surface area contributed by atoms with Gasteiger partial charge in [0.15, 0.2) is 0 Å². The van der Waals surface area contributed by atoms with E-state index in [4.69, 9.17) is 5.11 Å². The summed E-state index contributed by atoms with van der Waals surface area (Å²) in [6.07, 6.45) is 0.544. The van der Waals surface area contributed by atoms with E-state index in [0.717, 1.165) is 24.2 Å². The van der Waals surface area contributed by atoms with Gasteiger partial charge in [0.05, 0.1) is 12.7 Å². The van der Waals surface area contributed by atoms with Crippen molar-refractivity contribution in [3.8, 4) is 0 Å². The Morgan fingerprint density at radius 2 is 1.94 bits per heavy atom. The molecular weight excluding hydrogens is 202 g/mol. The highest BCUT2D eigenvalue weighted by Crippen LogP contribution is 2.26. The monoisotopic (exact) mass is 223 g/mol. The molecule has 0 aromatic heterocycles. The highest BCUT2D eigenvalue weighted by Gasteiger charge is 2.12. The fourth-order valence-electron chi connectivity index (χ4n) is 1.87. The van der Waals surface area contributed by atoms with Gasteiger partial charge < -0.3 is 15.1 Å². The molecule has 3 nitrogen and oxygen atoms in total. The maximum atomic E-state index is 9.70. The van der Waals surface area contributed by atoms with Crippen molar-refractivity contribution in [2.45, 2.75) is 26.4 Å². The number of nitrogens with zero attached hydrogens (tertiary/aromatic N) is 1. The molecule has 90 valence electrons. The molecule has 0 aliphatic heterocycles. The van der Waals surface area contributed by atoms with Crippen LogP contribution in [0.4, 0.5) is 5.69 Å².